The number of rotatable bonds is 5. The van der Waals surface area contributed by atoms with Crippen molar-refractivity contribution in [2.75, 3.05) is 13.7 Å². The van der Waals surface area contributed by atoms with Crippen molar-refractivity contribution in [2.24, 2.45) is 0 Å². The van der Waals surface area contributed by atoms with Gasteiger partial charge in [-0.2, -0.15) is 18.2 Å². The Balaban J connectivity index is 1.51. The maximum Gasteiger partial charge on any atom is 0.416 e. The lowest BCUT2D eigenvalue weighted by Crippen LogP contribution is -2.30. The van der Waals surface area contributed by atoms with Crippen LogP contribution in [0, 0.1) is 0 Å². The van der Waals surface area contributed by atoms with E-state index in [-0.39, 0.29) is 6.61 Å². The average Bonchev–Trinajstić information content (AvgIpc) is 3.28. The molecule has 1 aliphatic rings. The van der Waals surface area contributed by atoms with Crippen molar-refractivity contribution in [2.45, 2.75) is 32.3 Å². The summed E-state index contributed by atoms with van der Waals surface area (Å²) in [5.41, 5.74) is 1.31. The highest BCUT2D eigenvalue weighted by atomic mass is 19.4. The zero-order valence-corrected chi connectivity index (χ0v) is 15.0. The molecule has 4 rings (SSSR count). The Morgan fingerprint density at radius 2 is 1.93 bits per heavy atom. The van der Waals surface area contributed by atoms with Crippen LogP contribution in [0.1, 0.15) is 28.6 Å². The Morgan fingerprint density at radius 3 is 2.64 bits per heavy atom. The fourth-order valence-corrected chi connectivity index (χ4v) is 3.18. The molecule has 0 amide bonds. The zero-order valence-electron chi connectivity index (χ0n) is 15.0. The maximum atomic E-state index is 12.8. The number of ether oxygens (including phenoxy) is 1. The lowest BCUT2D eigenvalue weighted by molar-refractivity contribution is -0.137. The molecule has 0 aliphatic carbocycles. The first-order valence-corrected chi connectivity index (χ1v) is 8.62. The fourth-order valence-electron chi connectivity index (χ4n) is 3.18. The Bertz CT molecular complexity index is 950. The maximum absolute atomic E-state index is 12.8. The molecule has 7 nitrogen and oxygen atoms in total. The second-order valence-electron chi connectivity index (χ2n) is 6.51. The van der Waals surface area contributed by atoms with E-state index in [0.717, 1.165) is 30.0 Å². The van der Waals surface area contributed by atoms with Gasteiger partial charge in [0.1, 0.15) is 18.1 Å². The van der Waals surface area contributed by atoms with Crippen molar-refractivity contribution in [1.82, 2.24) is 20.2 Å². The van der Waals surface area contributed by atoms with E-state index in [4.69, 9.17) is 13.8 Å². The molecule has 3 aromatic rings. The summed E-state index contributed by atoms with van der Waals surface area (Å²) in [5.74, 6) is 1.70. The fraction of sp³-hybridized carbons (Fsp3) is 0.389. The smallest absolute Gasteiger partial charge is 0.375 e. The molecule has 1 aromatic carbocycles. The minimum Gasteiger partial charge on any atom is -0.375 e. The number of methoxy groups -OCH3 is 1. The number of hydrogen-bond donors (Lipinski definition) is 0. The van der Waals surface area contributed by atoms with Gasteiger partial charge in [0.2, 0.25) is 0 Å². The van der Waals surface area contributed by atoms with E-state index in [2.05, 4.69) is 20.2 Å². The van der Waals surface area contributed by atoms with Gasteiger partial charge in [0.25, 0.3) is 5.89 Å². The first-order chi connectivity index (χ1) is 13.4. The molecule has 0 unspecified atom stereocenters. The lowest BCUT2D eigenvalue weighted by Gasteiger charge is -2.24. The molecule has 0 N–H and O–H groups in total. The number of benzene rings is 1. The largest absolute Gasteiger partial charge is 0.416 e. The van der Waals surface area contributed by atoms with Crippen LogP contribution in [0.5, 0.6) is 0 Å². The van der Waals surface area contributed by atoms with Gasteiger partial charge in [0.15, 0.2) is 5.82 Å². The third-order valence-corrected chi connectivity index (χ3v) is 4.54. The van der Waals surface area contributed by atoms with Crippen molar-refractivity contribution in [3.8, 4) is 11.3 Å². The van der Waals surface area contributed by atoms with E-state index in [0.29, 0.717) is 42.5 Å². The van der Waals surface area contributed by atoms with Gasteiger partial charge < -0.3 is 13.8 Å². The van der Waals surface area contributed by atoms with Gasteiger partial charge in [-0.05, 0) is 12.1 Å². The third kappa shape index (κ3) is 3.78. The number of fused-ring (bicyclic) bond motifs is 1. The lowest BCUT2D eigenvalue weighted by atomic mass is 10.0. The first kappa shape index (κ1) is 18.6. The Morgan fingerprint density at radius 1 is 1.14 bits per heavy atom. The standard InChI is InChI=1S/C18H17F3N4O3/c1-26-10-16-22-15(23-28-16)9-25-7-6-14-13(8-25)17(24-27-14)11-2-4-12(5-3-11)18(19,20)21/h2-5H,6-10H2,1H3. The topological polar surface area (TPSA) is 77.4 Å². The van der Waals surface area contributed by atoms with E-state index in [1.54, 1.807) is 7.11 Å². The van der Waals surface area contributed by atoms with Crippen LogP contribution in [0.3, 0.4) is 0 Å². The van der Waals surface area contributed by atoms with Crippen LogP contribution in [-0.4, -0.2) is 33.9 Å². The van der Waals surface area contributed by atoms with Crippen LogP contribution in [0.2, 0.25) is 0 Å². The summed E-state index contributed by atoms with van der Waals surface area (Å²) in [6.07, 6.45) is -3.73. The molecule has 0 atom stereocenters. The van der Waals surface area contributed by atoms with Crippen LogP contribution in [-0.2, 0) is 37.0 Å². The van der Waals surface area contributed by atoms with Crippen molar-refractivity contribution < 1.29 is 27.0 Å². The highest BCUT2D eigenvalue weighted by molar-refractivity contribution is 5.64. The summed E-state index contributed by atoms with van der Waals surface area (Å²) < 4.78 is 53.8. The molecular weight excluding hydrogens is 377 g/mol. The molecule has 1 aliphatic heterocycles. The number of aromatic nitrogens is 3. The first-order valence-electron chi connectivity index (χ1n) is 8.62. The quantitative estimate of drug-likeness (QED) is 0.656. The third-order valence-electron chi connectivity index (χ3n) is 4.54. The molecule has 0 fully saturated rings. The van der Waals surface area contributed by atoms with E-state index in [1.165, 1.54) is 12.1 Å². The molecule has 0 saturated carbocycles. The number of halogens is 3. The summed E-state index contributed by atoms with van der Waals surface area (Å²) in [4.78, 5) is 6.37. The van der Waals surface area contributed by atoms with Crippen LogP contribution in [0.25, 0.3) is 11.3 Å². The Kier molecular flexibility index (Phi) is 4.90. The van der Waals surface area contributed by atoms with Crippen molar-refractivity contribution >= 4 is 0 Å². The van der Waals surface area contributed by atoms with Gasteiger partial charge >= 0.3 is 6.18 Å². The molecule has 0 saturated heterocycles. The van der Waals surface area contributed by atoms with E-state index in [9.17, 15) is 13.2 Å². The summed E-state index contributed by atoms with van der Waals surface area (Å²) in [7, 11) is 1.55. The normalized spacial score (nSPS) is 15.0. The minimum atomic E-state index is -4.37. The van der Waals surface area contributed by atoms with Crippen molar-refractivity contribution in [3.63, 3.8) is 0 Å². The van der Waals surface area contributed by atoms with E-state index >= 15 is 0 Å². The molecule has 0 bridgehead atoms. The average molecular weight is 394 g/mol. The van der Waals surface area contributed by atoms with E-state index in [1.807, 2.05) is 0 Å². The monoisotopic (exact) mass is 394 g/mol. The summed E-state index contributed by atoms with van der Waals surface area (Å²) >= 11 is 0. The van der Waals surface area contributed by atoms with Gasteiger partial charge in [0, 0.05) is 37.7 Å². The van der Waals surface area contributed by atoms with Gasteiger partial charge in [-0.1, -0.05) is 22.4 Å². The number of hydrogen-bond acceptors (Lipinski definition) is 7. The van der Waals surface area contributed by atoms with Crippen molar-refractivity contribution in [3.05, 3.63) is 52.9 Å². The summed E-state index contributed by atoms with van der Waals surface area (Å²) in [6, 6.07) is 4.92. The molecule has 0 radical (unpaired) electrons. The molecule has 148 valence electrons. The van der Waals surface area contributed by atoms with Gasteiger partial charge in [-0.25, -0.2) is 0 Å². The van der Waals surface area contributed by atoms with Gasteiger partial charge in [0.05, 0.1) is 12.1 Å². The predicted molar refractivity (Wildman–Crippen MR) is 89.8 cm³/mol. The second kappa shape index (κ2) is 7.36. The SMILES string of the molecule is COCc1nc(CN2CCc3onc(-c4ccc(C(F)(F)F)cc4)c3C2)no1. The summed E-state index contributed by atoms with van der Waals surface area (Å²) in [5, 5.41) is 8.01. The molecule has 28 heavy (non-hydrogen) atoms. The second-order valence-corrected chi connectivity index (χ2v) is 6.51. The van der Waals surface area contributed by atoms with Crippen LogP contribution in [0.15, 0.2) is 33.3 Å². The molecular formula is C18H17F3N4O3. The zero-order chi connectivity index (χ0) is 19.7. The van der Waals surface area contributed by atoms with Crippen LogP contribution in [0.4, 0.5) is 13.2 Å². The molecule has 3 heterocycles. The Hall–Kier alpha value is -2.72. The van der Waals surface area contributed by atoms with Crippen LogP contribution >= 0.6 is 0 Å². The number of alkyl halides is 3. The van der Waals surface area contributed by atoms with Crippen LogP contribution < -0.4 is 0 Å². The van der Waals surface area contributed by atoms with E-state index < -0.39 is 11.7 Å². The highest BCUT2D eigenvalue weighted by Gasteiger charge is 2.31. The highest BCUT2D eigenvalue weighted by Crippen LogP contribution is 2.33. The summed E-state index contributed by atoms with van der Waals surface area (Å²) in [6.45, 7) is 1.98. The Labute approximate surface area is 158 Å². The molecule has 0 spiro atoms. The predicted octanol–water partition coefficient (Wildman–Crippen LogP) is 3.45. The molecule has 10 heteroatoms. The van der Waals surface area contributed by atoms with Gasteiger partial charge in [-0.15, -0.1) is 0 Å². The minimum absolute atomic E-state index is 0.251. The van der Waals surface area contributed by atoms with Crippen molar-refractivity contribution in [1.29, 1.82) is 0 Å². The molecule has 2 aromatic heterocycles. The number of nitrogens with zero attached hydrogens (tertiary/aromatic N) is 4. The van der Waals surface area contributed by atoms with Gasteiger partial charge in [-0.3, -0.25) is 4.90 Å².